The summed E-state index contributed by atoms with van der Waals surface area (Å²) in [5.74, 6) is 0.613. The van der Waals surface area contributed by atoms with E-state index < -0.39 is 0 Å². The fourth-order valence-electron chi connectivity index (χ4n) is 2.67. The van der Waals surface area contributed by atoms with Crippen LogP contribution in [-0.4, -0.2) is 33.5 Å². The number of carbonyl (C=O) groups excluding carboxylic acids is 2. The number of carbonyl (C=O) groups is 2. The Morgan fingerprint density at radius 3 is 2.61 bits per heavy atom. The van der Waals surface area contributed by atoms with E-state index in [0.29, 0.717) is 18.7 Å². The van der Waals surface area contributed by atoms with Crippen molar-refractivity contribution in [2.45, 2.75) is 26.9 Å². The highest BCUT2D eigenvalue weighted by Gasteiger charge is 2.13. The molecule has 0 unspecified atom stereocenters. The SMILES string of the molecule is CC(C)C(=O)NCc1cnn(-c2ccc(C(=O)N(C)Cc3ccco3)cc2)c1. The van der Waals surface area contributed by atoms with Crippen LogP contribution in [0.1, 0.15) is 35.5 Å². The minimum Gasteiger partial charge on any atom is -0.467 e. The number of nitrogens with one attached hydrogen (secondary N) is 1. The smallest absolute Gasteiger partial charge is 0.254 e. The van der Waals surface area contributed by atoms with Crippen molar-refractivity contribution < 1.29 is 14.0 Å². The zero-order valence-corrected chi connectivity index (χ0v) is 16.3. The number of aromatic nitrogens is 2. The van der Waals surface area contributed by atoms with Crippen molar-refractivity contribution in [3.63, 3.8) is 0 Å². The van der Waals surface area contributed by atoms with Gasteiger partial charge < -0.3 is 14.6 Å². The summed E-state index contributed by atoms with van der Waals surface area (Å²) in [5, 5.41) is 7.19. The molecule has 146 valence electrons. The van der Waals surface area contributed by atoms with Gasteiger partial charge in [-0.3, -0.25) is 9.59 Å². The molecule has 0 atom stereocenters. The lowest BCUT2D eigenvalue weighted by atomic mass is 10.2. The summed E-state index contributed by atoms with van der Waals surface area (Å²) in [6, 6.07) is 10.9. The molecule has 0 aliphatic heterocycles. The fourth-order valence-corrected chi connectivity index (χ4v) is 2.67. The predicted molar refractivity (Wildman–Crippen MR) is 105 cm³/mol. The number of hydrogen-bond acceptors (Lipinski definition) is 4. The van der Waals surface area contributed by atoms with Crippen molar-refractivity contribution in [3.05, 3.63) is 71.9 Å². The van der Waals surface area contributed by atoms with Crippen molar-refractivity contribution >= 4 is 11.8 Å². The number of hydrogen-bond donors (Lipinski definition) is 1. The van der Waals surface area contributed by atoms with E-state index in [1.807, 2.05) is 38.2 Å². The van der Waals surface area contributed by atoms with E-state index in [9.17, 15) is 9.59 Å². The van der Waals surface area contributed by atoms with Gasteiger partial charge in [-0.1, -0.05) is 13.8 Å². The van der Waals surface area contributed by atoms with Crippen molar-refractivity contribution in [1.82, 2.24) is 20.0 Å². The highest BCUT2D eigenvalue weighted by Crippen LogP contribution is 2.13. The molecule has 7 nitrogen and oxygen atoms in total. The van der Waals surface area contributed by atoms with Crippen LogP contribution in [-0.2, 0) is 17.9 Å². The third-order valence-electron chi connectivity index (χ3n) is 4.33. The van der Waals surface area contributed by atoms with E-state index >= 15 is 0 Å². The molecule has 0 aliphatic rings. The molecule has 0 spiro atoms. The quantitative estimate of drug-likeness (QED) is 0.683. The van der Waals surface area contributed by atoms with Gasteiger partial charge in [0.15, 0.2) is 0 Å². The molecule has 1 aromatic carbocycles. The average molecular weight is 380 g/mol. The maximum Gasteiger partial charge on any atom is 0.254 e. The Labute approximate surface area is 163 Å². The van der Waals surface area contributed by atoms with E-state index in [1.54, 1.807) is 47.3 Å². The first-order valence-electron chi connectivity index (χ1n) is 9.13. The number of nitrogens with zero attached hydrogens (tertiary/aromatic N) is 3. The summed E-state index contributed by atoms with van der Waals surface area (Å²) in [5.41, 5.74) is 2.34. The fraction of sp³-hybridized carbons (Fsp3) is 0.286. The minimum absolute atomic E-state index is 0.00860. The Bertz CT molecular complexity index is 927. The van der Waals surface area contributed by atoms with Crippen LogP contribution >= 0.6 is 0 Å². The van der Waals surface area contributed by atoms with Crippen molar-refractivity contribution in [3.8, 4) is 5.69 Å². The average Bonchev–Trinajstić information content (AvgIpc) is 3.37. The van der Waals surface area contributed by atoms with Crippen LogP contribution in [0.5, 0.6) is 0 Å². The molecular formula is C21H24N4O3. The molecule has 0 bridgehead atoms. The zero-order valence-electron chi connectivity index (χ0n) is 16.3. The molecule has 7 heteroatoms. The van der Waals surface area contributed by atoms with E-state index in [-0.39, 0.29) is 17.7 Å². The first-order valence-corrected chi connectivity index (χ1v) is 9.13. The number of amides is 2. The molecule has 3 aromatic rings. The first-order chi connectivity index (χ1) is 13.4. The molecule has 2 amide bonds. The van der Waals surface area contributed by atoms with Crippen LogP contribution in [0.4, 0.5) is 0 Å². The molecule has 0 aliphatic carbocycles. The first kappa shape index (κ1) is 19.4. The Balaban J connectivity index is 1.62. The Morgan fingerprint density at radius 1 is 1.21 bits per heavy atom. The second-order valence-corrected chi connectivity index (χ2v) is 6.95. The van der Waals surface area contributed by atoms with Crippen molar-refractivity contribution in [1.29, 1.82) is 0 Å². The van der Waals surface area contributed by atoms with Gasteiger partial charge in [-0.15, -0.1) is 0 Å². The molecular weight excluding hydrogens is 356 g/mol. The lowest BCUT2D eigenvalue weighted by Crippen LogP contribution is -2.26. The second-order valence-electron chi connectivity index (χ2n) is 6.95. The Hall–Kier alpha value is -3.35. The normalized spacial score (nSPS) is 10.9. The van der Waals surface area contributed by atoms with Gasteiger partial charge in [0.2, 0.25) is 5.91 Å². The van der Waals surface area contributed by atoms with Crippen LogP contribution in [0.25, 0.3) is 5.69 Å². The topological polar surface area (TPSA) is 80.4 Å². The van der Waals surface area contributed by atoms with E-state index in [4.69, 9.17) is 4.42 Å². The molecule has 1 N–H and O–H groups in total. The second kappa shape index (κ2) is 8.56. The van der Waals surface area contributed by atoms with Gasteiger partial charge in [-0.2, -0.15) is 5.10 Å². The molecule has 2 aromatic heterocycles. The molecule has 3 rings (SSSR count). The minimum atomic E-state index is -0.0829. The Kier molecular flexibility index (Phi) is 5.93. The van der Waals surface area contributed by atoms with Crippen LogP contribution in [0, 0.1) is 5.92 Å². The van der Waals surface area contributed by atoms with E-state index in [0.717, 1.165) is 17.0 Å². The summed E-state index contributed by atoms with van der Waals surface area (Å²) < 4.78 is 7.01. The summed E-state index contributed by atoms with van der Waals surface area (Å²) in [7, 11) is 1.74. The third-order valence-corrected chi connectivity index (χ3v) is 4.33. The maximum absolute atomic E-state index is 12.5. The summed E-state index contributed by atoms with van der Waals surface area (Å²) >= 11 is 0. The largest absolute Gasteiger partial charge is 0.467 e. The van der Waals surface area contributed by atoms with Crippen molar-refractivity contribution in [2.24, 2.45) is 5.92 Å². The lowest BCUT2D eigenvalue weighted by Gasteiger charge is -2.16. The standard InChI is InChI=1S/C21H24N4O3/c1-15(2)20(26)22-11-16-12-23-25(13-16)18-8-6-17(7-9-18)21(27)24(3)14-19-5-4-10-28-19/h4-10,12-13,15H,11,14H2,1-3H3,(H,22,26). The predicted octanol–water partition coefficient (Wildman–Crippen LogP) is 3.01. The lowest BCUT2D eigenvalue weighted by molar-refractivity contribution is -0.124. The third kappa shape index (κ3) is 4.68. The van der Waals surface area contributed by atoms with Gasteiger partial charge in [-0.25, -0.2) is 4.68 Å². The van der Waals surface area contributed by atoms with Gasteiger partial charge in [0.1, 0.15) is 5.76 Å². The number of benzene rings is 1. The molecule has 2 heterocycles. The summed E-state index contributed by atoms with van der Waals surface area (Å²) in [6.45, 7) is 4.56. The number of furan rings is 1. The van der Waals surface area contributed by atoms with Gasteiger partial charge in [0.25, 0.3) is 5.91 Å². The van der Waals surface area contributed by atoms with E-state index in [1.165, 1.54) is 0 Å². The van der Waals surface area contributed by atoms with Gasteiger partial charge in [-0.05, 0) is 36.4 Å². The molecule has 0 saturated carbocycles. The summed E-state index contributed by atoms with van der Waals surface area (Å²) in [6.07, 6.45) is 5.17. The van der Waals surface area contributed by atoms with Gasteiger partial charge in [0.05, 0.1) is 24.7 Å². The molecule has 0 saturated heterocycles. The van der Waals surface area contributed by atoms with Crippen LogP contribution in [0.2, 0.25) is 0 Å². The zero-order chi connectivity index (χ0) is 20.1. The molecule has 28 heavy (non-hydrogen) atoms. The van der Waals surface area contributed by atoms with Crippen LogP contribution < -0.4 is 5.32 Å². The van der Waals surface area contributed by atoms with Crippen LogP contribution in [0.3, 0.4) is 0 Å². The monoisotopic (exact) mass is 380 g/mol. The molecule has 0 fully saturated rings. The highest BCUT2D eigenvalue weighted by atomic mass is 16.3. The van der Waals surface area contributed by atoms with Gasteiger partial charge >= 0.3 is 0 Å². The van der Waals surface area contributed by atoms with E-state index in [2.05, 4.69) is 10.4 Å². The van der Waals surface area contributed by atoms with Crippen LogP contribution in [0.15, 0.2) is 59.5 Å². The summed E-state index contributed by atoms with van der Waals surface area (Å²) in [4.78, 5) is 25.8. The highest BCUT2D eigenvalue weighted by molar-refractivity contribution is 5.94. The Morgan fingerprint density at radius 2 is 1.96 bits per heavy atom. The van der Waals surface area contributed by atoms with Crippen molar-refractivity contribution in [2.75, 3.05) is 7.05 Å². The van der Waals surface area contributed by atoms with Gasteiger partial charge in [0, 0.05) is 36.8 Å². The number of rotatable bonds is 7. The maximum atomic E-state index is 12.5. The molecule has 0 radical (unpaired) electrons.